The van der Waals surface area contributed by atoms with Crippen LogP contribution in [0, 0.1) is 0 Å². The van der Waals surface area contributed by atoms with Crippen molar-refractivity contribution in [3.8, 4) is 0 Å². The summed E-state index contributed by atoms with van der Waals surface area (Å²) in [7, 11) is 0. The van der Waals surface area contributed by atoms with Crippen LogP contribution >= 0.6 is 0 Å². The van der Waals surface area contributed by atoms with Gasteiger partial charge in [0.15, 0.2) is 0 Å². The van der Waals surface area contributed by atoms with Crippen LogP contribution < -0.4 is 11.1 Å². The molecule has 1 amide bonds. The summed E-state index contributed by atoms with van der Waals surface area (Å²) >= 11 is 0. The molecule has 100 valence electrons. The Bertz CT molecular complexity index is 358. The molecule has 18 heavy (non-hydrogen) atoms. The lowest BCUT2D eigenvalue weighted by molar-refractivity contribution is -0.121. The first-order valence-corrected chi connectivity index (χ1v) is 6.55. The van der Waals surface area contributed by atoms with Gasteiger partial charge in [0.05, 0.1) is 12.3 Å². The summed E-state index contributed by atoms with van der Waals surface area (Å²) < 4.78 is 5.48. The van der Waals surface area contributed by atoms with Crippen molar-refractivity contribution in [2.24, 2.45) is 5.73 Å². The van der Waals surface area contributed by atoms with E-state index in [-0.39, 0.29) is 11.9 Å². The highest BCUT2D eigenvalue weighted by Gasteiger charge is 2.25. The SMILES string of the molecule is NCCC(=O)NCC(c1ccco1)N1CCCC1. The van der Waals surface area contributed by atoms with E-state index < -0.39 is 0 Å². The molecule has 2 heterocycles. The summed E-state index contributed by atoms with van der Waals surface area (Å²) in [6.07, 6.45) is 4.49. The third kappa shape index (κ3) is 3.34. The van der Waals surface area contributed by atoms with Gasteiger partial charge >= 0.3 is 0 Å². The average Bonchev–Trinajstić information content (AvgIpc) is 3.02. The van der Waals surface area contributed by atoms with E-state index in [9.17, 15) is 4.79 Å². The van der Waals surface area contributed by atoms with Crippen molar-refractivity contribution >= 4 is 5.91 Å². The molecule has 1 aliphatic rings. The van der Waals surface area contributed by atoms with Crippen molar-refractivity contribution in [3.63, 3.8) is 0 Å². The Morgan fingerprint density at radius 1 is 1.50 bits per heavy atom. The number of carbonyl (C=O) groups excluding carboxylic acids is 1. The van der Waals surface area contributed by atoms with Gasteiger partial charge in [-0.15, -0.1) is 0 Å². The first kappa shape index (κ1) is 13.1. The molecule has 1 atom stereocenters. The van der Waals surface area contributed by atoms with E-state index in [1.54, 1.807) is 6.26 Å². The third-order valence-corrected chi connectivity index (χ3v) is 3.32. The first-order chi connectivity index (χ1) is 8.81. The minimum absolute atomic E-state index is 0.00764. The second-order valence-electron chi connectivity index (χ2n) is 4.62. The largest absolute Gasteiger partial charge is 0.468 e. The Morgan fingerprint density at radius 3 is 2.89 bits per heavy atom. The number of likely N-dealkylation sites (tertiary alicyclic amines) is 1. The van der Waals surface area contributed by atoms with Crippen LogP contribution in [0.4, 0.5) is 0 Å². The number of nitrogens with one attached hydrogen (secondary N) is 1. The molecular formula is C13H21N3O2. The van der Waals surface area contributed by atoms with Crippen molar-refractivity contribution in [1.82, 2.24) is 10.2 Å². The molecule has 5 heteroatoms. The van der Waals surface area contributed by atoms with Crippen molar-refractivity contribution < 1.29 is 9.21 Å². The lowest BCUT2D eigenvalue weighted by Crippen LogP contribution is -2.37. The zero-order valence-electron chi connectivity index (χ0n) is 10.6. The molecule has 0 aliphatic carbocycles. The van der Waals surface area contributed by atoms with Gasteiger partial charge in [-0.25, -0.2) is 0 Å². The standard InChI is InChI=1S/C13H21N3O2/c14-6-5-13(17)15-10-11(12-4-3-9-18-12)16-7-1-2-8-16/h3-4,9,11H,1-2,5-8,10,14H2,(H,15,17). The molecule has 3 N–H and O–H groups in total. The Balaban J connectivity index is 1.94. The van der Waals surface area contributed by atoms with E-state index in [0.717, 1.165) is 18.8 Å². The number of nitrogens with zero attached hydrogens (tertiary/aromatic N) is 1. The van der Waals surface area contributed by atoms with E-state index in [1.165, 1.54) is 12.8 Å². The molecule has 1 unspecified atom stereocenters. The van der Waals surface area contributed by atoms with Crippen LogP contribution in [0.1, 0.15) is 31.1 Å². The summed E-state index contributed by atoms with van der Waals surface area (Å²) in [6, 6.07) is 4.00. The van der Waals surface area contributed by atoms with Gasteiger partial charge in [0.1, 0.15) is 5.76 Å². The summed E-state index contributed by atoms with van der Waals surface area (Å²) in [5, 5.41) is 2.93. The maximum Gasteiger partial charge on any atom is 0.221 e. The van der Waals surface area contributed by atoms with Gasteiger partial charge in [-0.3, -0.25) is 9.69 Å². The Kier molecular flexibility index (Phi) is 4.78. The highest BCUT2D eigenvalue weighted by Crippen LogP contribution is 2.24. The van der Waals surface area contributed by atoms with Gasteiger partial charge in [-0.2, -0.15) is 0 Å². The fourth-order valence-corrected chi connectivity index (χ4v) is 2.37. The van der Waals surface area contributed by atoms with Crippen LogP contribution in [0.25, 0.3) is 0 Å². The number of hydrogen-bond acceptors (Lipinski definition) is 4. The van der Waals surface area contributed by atoms with Crippen molar-refractivity contribution in [2.45, 2.75) is 25.3 Å². The van der Waals surface area contributed by atoms with Crippen molar-refractivity contribution in [1.29, 1.82) is 0 Å². The number of amides is 1. The van der Waals surface area contributed by atoms with E-state index >= 15 is 0 Å². The van der Waals surface area contributed by atoms with Gasteiger partial charge in [-0.1, -0.05) is 0 Å². The highest BCUT2D eigenvalue weighted by molar-refractivity contribution is 5.76. The Hall–Kier alpha value is -1.33. The van der Waals surface area contributed by atoms with Crippen molar-refractivity contribution in [3.05, 3.63) is 24.2 Å². The average molecular weight is 251 g/mol. The summed E-state index contributed by atoms with van der Waals surface area (Å²) in [5.41, 5.74) is 5.36. The van der Waals surface area contributed by atoms with Crippen LogP contribution in [-0.2, 0) is 4.79 Å². The number of nitrogens with two attached hydrogens (primary N) is 1. The molecule has 5 nitrogen and oxygen atoms in total. The normalized spacial score (nSPS) is 17.8. The molecule has 1 saturated heterocycles. The monoisotopic (exact) mass is 251 g/mol. The molecular weight excluding hydrogens is 230 g/mol. The van der Waals surface area contributed by atoms with E-state index in [4.69, 9.17) is 10.2 Å². The zero-order chi connectivity index (χ0) is 12.8. The van der Waals surface area contributed by atoms with Gasteiger partial charge in [0, 0.05) is 19.5 Å². The molecule has 0 saturated carbocycles. The number of rotatable bonds is 6. The fraction of sp³-hybridized carbons (Fsp3) is 0.615. The topological polar surface area (TPSA) is 71.5 Å². The summed E-state index contributed by atoms with van der Waals surface area (Å²) in [5.74, 6) is 0.929. The smallest absolute Gasteiger partial charge is 0.221 e. The van der Waals surface area contributed by atoms with E-state index in [1.807, 2.05) is 12.1 Å². The predicted molar refractivity (Wildman–Crippen MR) is 68.9 cm³/mol. The molecule has 1 aromatic heterocycles. The second-order valence-corrected chi connectivity index (χ2v) is 4.62. The maximum atomic E-state index is 11.5. The minimum atomic E-state index is 0.00764. The van der Waals surface area contributed by atoms with Crippen molar-refractivity contribution in [2.75, 3.05) is 26.2 Å². The Labute approximate surface area is 107 Å². The zero-order valence-corrected chi connectivity index (χ0v) is 10.6. The highest BCUT2D eigenvalue weighted by atomic mass is 16.3. The molecule has 0 radical (unpaired) electrons. The summed E-state index contributed by atoms with van der Waals surface area (Å²) in [4.78, 5) is 13.9. The second kappa shape index (κ2) is 6.56. The van der Waals surface area contributed by atoms with Gasteiger partial charge in [-0.05, 0) is 38.1 Å². The molecule has 0 bridgehead atoms. The molecule has 1 aliphatic heterocycles. The van der Waals surface area contributed by atoms with E-state index in [2.05, 4.69) is 10.2 Å². The molecule has 0 spiro atoms. The number of hydrogen-bond donors (Lipinski definition) is 2. The van der Waals surface area contributed by atoms with Gasteiger partial charge < -0.3 is 15.5 Å². The summed E-state index contributed by atoms with van der Waals surface area (Å²) in [6.45, 7) is 3.11. The quantitative estimate of drug-likeness (QED) is 0.787. The molecule has 1 fully saturated rings. The lowest BCUT2D eigenvalue weighted by Gasteiger charge is -2.25. The first-order valence-electron chi connectivity index (χ1n) is 6.55. The van der Waals surface area contributed by atoms with Gasteiger partial charge in [0.2, 0.25) is 5.91 Å². The van der Waals surface area contributed by atoms with Crippen LogP contribution in [-0.4, -0.2) is 37.0 Å². The lowest BCUT2D eigenvalue weighted by atomic mass is 10.2. The molecule has 2 rings (SSSR count). The maximum absolute atomic E-state index is 11.5. The molecule has 1 aromatic rings. The predicted octanol–water partition coefficient (Wildman–Crippen LogP) is 0.881. The third-order valence-electron chi connectivity index (χ3n) is 3.32. The van der Waals surface area contributed by atoms with Crippen LogP contribution in [0.15, 0.2) is 22.8 Å². The van der Waals surface area contributed by atoms with Crippen LogP contribution in [0.2, 0.25) is 0 Å². The minimum Gasteiger partial charge on any atom is -0.468 e. The fourth-order valence-electron chi connectivity index (χ4n) is 2.37. The van der Waals surface area contributed by atoms with Crippen LogP contribution in [0.5, 0.6) is 0 Å². The molecule has 0 aromatic carbocycles. The van der Waals surface area contributed by atoms with Gasteiger partial charge in [0.25, 0.3) is 0 Å². The van der Waals surface area contributed by atoms with E-state index in [0.29, 0.717) is 19.5 Å². The number of furan rings is 1. The Morgan fingerprint density at radius 2 is 2.28 bits per heavy atom. The van der Waals surface area contributed by atoms with Crippen LogP contribution in [0.3, 0.4) is 0 Å². The number of carbonyl (C=O) groups is 1.